The van der Waals surface area contributed by atoms with Gasteiger partial charge in [0.2, 0.25) is 0 Å². The molecule has 1 aromatic carbocycles. The van der Waals surface area contributed by atoms with Crippen molar-refractivity contribution < 1.29 is 4.57 Å². The quantitative estimate of drug-likeness (QED) is 0.781. The summed E-state index contributed by atoms with van der Waals surface area (Å²) in [5.74, 6) is 1.56. The van der Waals surface area contributed by atoms with Gasteiger partial charge >= 0.3 is 0 Å². The highest BCUT2D eigenvalue weighted by molar-refractivity contribution is 5.70. The first-order chi connectivity index (χ1) is 12.3. The Morgan fingerprint density at radius 2 is 1.64 bits per heavy atom. The molecule has 0 N–H and O–H groups in total. The second-order valence-electron chi connectivity index (χ2n) is 7.59. The number of anilines is 1. The number of nitrogens with zero attached hydrogens (tertiary/aromatic N) is 4. The molecule has 0 amide bonds. The second kappa shape index (κ2) is 5.80. The van der Waals surface area contributed by atoms with E-state index in [1.807, 2.05) is 11.6 Å². The van der Waals surface area contributed by atoms with Crippen molar-refractivity contribution in [1.82, 2.24) is 0 Å². The van der Waals surface area contributed by atoms with Crippen molar-refractivity contribution in [3.63, 3.8) is 0 Å². The van der Waals surface area contributed by atoms with Crippen LogP contribution in [-0.2, 0) is 7.05 Å². The highest BCUT2D eigenvalue weighted by Crippen LogP contribution is 2.51. The molecule has 126 valence electrons. The number of fused-ring (bicyclic) bond motifs is 5. The van der Waals surface area contributed by atoms with Gasteiger partial charge in [-0.2, -0.15) is 5.11 Å². The molecule has 25 heavy (non-hydrogen) atoms. The summed E-state index contributed by atoms with van der Waals surface area (Å²) in [6.07, 6.45) is 12.5. The fourth-order valence-corrected chi connectivity index (χ4v) is 4.69. The summed E-state index contributed by atoms with van der Waals surface area (Å²) in [6.45, 7) is 0. The van der Waals surface area contributed by atoms with Crippen LogP contribution >= 0.6 is 0 Å². The maximum Gasteiger partial charge on any atom is 0.169 e. The van der Waals surface area contributed by atoms with Crippen molar-refractivity contribution in [3.8, 4) is 0 Å². The van der Waals surface area contributed by atoms with E-state index in [2.05, 4.69) is 76.3 Å². The summed E-state index contributed by atoms with van der Waals surface area (Å²) in [6, 6.07) is 13.9. The van der Waals surface area contributed by atoms with Crippen LogP contribution < -0.4 is 9.58 Å². The summed E-state index contributed by atoms with van der Waals surface area (Å²) in [5, 5.41) is 11.3. The van der Waals surface area contributed by atoms with E-state index in [0.29, 0.717) is 12.1 Å². The lowest BCUT2D eigenvalue weighted by atomic mass is 9.91. The second-order valence-corrected chi connectivity index (χ2v) is 7.59. The van der Waals surface area contributed by atoms with Crippen LogP contribution in [0.5, 0.6) is 0 Å². The van der Waals surface area contributed by atoms with Crippen molar-refractivity contribution in [1.29, 1.82) is 0 Å². The summed E-state index contributed by atoms with van der Waals surface area (Å²) < 4.78 is 2.04. The van der Waals surface area contributed by atoms with Crippen LogP contribution in [0.4, 0.5) is 5.69 Å². The molecule has 0 spiro atoms. The van der Waals surface area contributed by atoms with E-state index in [0.717, 1.165) is 11.8 Å². The average Bonchev–Trinajstić information content (AvgIpc) is 3.35. The zero-order valence-corrected chi connectivity index (χ0v) is 14.5. The van der Waals surface area contributed by atoms with E-state index >= 15 is 0 Å². The Balaban J connectivity index is 1.32. The molecular weight excluding hydrogens is 308 g/mol. The van der Waals surface area contributed by atoms with Gasteiger partial charge in [0.1, 0.15) is 7.05 Å². The smallest absolute Gasteiger partial charge is 0.169 e. The molecule has 4 atom stereocenters. The maximum atomic E-state index is 4.58. The van der Waals surface area contributed by atoms with Gasteiger partial charge in [-0.15, -0.1) is 0 Å². The van der Waals surface area contributed by atoms with Gasteiger partial charge in [-0.25, -0.2) is 9.58 Å². The average molecular weight is 331 g/mol. The van der Waals surface area contributed by atoms with Gasteiger partial charge in [0.25, 0.3) is 0 Å². The van der Waals surface area contributed by atoms with E-state index in [-0.39, 0.29) is 0 Å². The van der Waals surface area contributed by atoms with E-state index in [4.69, 9.17) is 0 Å². The van der Waals surface area contributed by atoms with Crippen LogP contribution in [0, 0.1) is 11.8 Å². The van der Waals surface area contributed by atoms with Crippen LogP contribution in [0.15, 0.2) is 59.1 Å². The Labute approximate surface area is 148 Å². The largest absolute Gasteiger partial charge is 0.242 e. The van der Waals surface area contributed by atoms with Gasteiger partial charge in [-0.3, -0.25) is 0 Å². The molecule has 2 aromatic rings. The van der Waals surface area contributed by atoms with Crippen molar-refractivity contribution >= 4 is 17.8 Å². The van der Waals surface area contributed by atoms with Gasteiger partial charge in [0, 0.05) is 12.1 Å². The van der Waals surface area contributed by atoms with Crippen molar-refractivity contribution in [2.24, 2.45) is 29.2 Å². The Hall–Kier alpha value is -2.49. The van der Waals surface area contributed by atoms with Gasteiger partial charge in [0.05, 0.1) is 17.8 Å². The number of rotatable bonds is 3. The SMILES string of the molecule is C[n+]1ccc(/C=C/c2ccc(N3N=NC4C5CCC(C5)C43)cc2)cc1. The van der Waals surface area contributed by atoms with Gasteiger partial charge < -0.3 is 0 Å². The minimum atomic E-state index is 0.442. The normalized spacial score (nSPS) is 29.7. The molecule has 4 heteroatoms. The first-order valence-corrected chi connectivity index (χ1v) is 9.21. The fraction of sp³-hybridized carbons (Fsp3) is 0.381. The minimum Gasteiger partial charge on any atom is -0.242 e. The van der Waals surface area contributed by atoms with E-state index in [9.17, 15) is 0 Å². The van der Waals surface area contributed by atoms with Crippen LogP contribution in [0.1, 0.15) is 30.4 Å². The molecule has 0 radical (unpaired) electrons. The predicted molar refractivity (Wildman–Crippen MR) is 98.7 cm³/mol. The molecule has 0 saturated heterocycles. The topological polar surface area (TPSA) is 31.8 Å². The van der Waals surface area contributed by atoms with Gasteiger partial charge in [-0.05, 0) is 54.4 Å². The molecule has 1 aromatic heterocycles. The number of hydrogen-bond acceptors (Lipinski definition) is 3. The van der Waals surface area contributed by atoms with Crippen LogP contribution in [0.3, 0.4) is 0 Å². The van der Waals surface area contributed by atoms with Crippen LogP contribution in [0.25, 0.3) is 12.2 Å². The Morgan fingerprint density at radius 1 is 0.960 bits per heavy atom. The predicted octanol–water partition coefficient (Wildman–Crippen LogP) is 4.04. The summed E-state index contributed by atoms with van der Waals surface area (Å²) in [4.78, 5) is 0. The number of aromatic nitrogens is 1. The van der Waals surface area contributed by atoms with Crippen molar-refractivity contribution in [2.45, 2.75) is 31.3 Å². The molecule has 4 unspecified atom stereocenters. The molecule has 1 aliphatic heterocycles. The number of hydrogen-bond donors (Lipinski definition) is 0. The maximum absolute atomic E-state index is 4.58. The zero-order valence-electron chi connectivity index (χ0n) is 14.5. The highest BCUT2D eigenvalue weighted by atomic mass is 15.6. The zero-order chi connectivity index (χ0) is 16.8. The lowest BCUT2D eigenvalue weighted by Crippen LogP contribution is -2.39. The third kappa shape index (κ3) is 2.56. The minimum absolute atomic E-state index is 0.442. The summed E-state index contributed by atoms with van der Waals surface area (Å²) >= 11 is 0. The molecule has 2 bridgehead atoms. The number of aryl methyl sites for hydroxylation is 1. The molecular formula is C21H23N4+. The van der Waals surface area contributed by atoms with E-state index in [1.165, 1.54) is 36.1 Å². The van der Waals surface area contributed by atoms with Crippen LogP contribution in [0.2, 0.25) is 0 Å². The standard InChI is InChI=1S/C21H23N4/c1-24-12-10-16(11-13-24)3-2-15-4-8-19(9-5-15)25-21-18-7-6-17(14-18)20(21)22-23-25/h2-5,8-13,17-18,20-21H,6-7,14H2,1H3/q+1. The Morgan fingerprint density at radius 3 is 2.40 bits per heavy atom. The molecule has 4 nitrogen and oxygen atoms in total. The monoisotopic (exact) mass is 331 g/mol. The lowest BCUT2D eigenvalue weighted by Gasteiger charge is -2.29. The summed E-state index contributed by atoms with van der Waals surface area (Å²) in [7, 11) is 2.03. The van der Waals surface area contributed by atoms with E-state index < -0.39 is 0 Å². The molecule has 2 heterocycles. The Bertz CT molecular complexity index is 822. The van der Waals surface area contributed by atoms with Crippen molar-refractivity contribution in [2.75, 3.05) is 5.01 Å². The van der Waals surface area contributed by atoms with Gasteiger partial charge in [-0.1, -0.05) is 29.5 Å². The number of pyridine rings is 1. The van der Waals surface area contributed by atoms with Crippen LogP contribution in [-0.4, -0.2) is 12.1 Å². The first-order valence-electron chi connectivity index (χ1n) is 9.21. The van der Waals surface area contributed by atoms with Gasteiger partial charge in [0.15, 0.2) is 12.4 Å². The molecule has 5 rings (SSSR count). The fourth-order valence-electron chi connectivity index (χ4n) is 4.69. The number of benzene rings is 1. The third-order valence-corrected chi connectivity index (χ3v) is 6.02. The highest BCUT2D eigenvalue weighted by Gasteiger charge is 2.53. The molecule has 2 saturated carbocycles. The molecule has 2 fully saturated rings. The first kappa shape index (κ1) is 14.8. The Kier molecular flexibility index (Phi) is 3.44. The summed E-state index contributed by atoms with van der Waals surface area (Å²) in [5.41, 5.74) is 3.59. The third-order valence-electron chi connectivity index (χ3n) is 6.02. The molecule has 2 aliphatic carbocycles. The van der Waals surface area contributed by atoms with E-state index in [1.54, 1.807) is 0 Å². The lowest BCUT2D eigenvalue weighted by molar-refractivity contribution is -0.671. The van der Waals surface area contributed by atoms with Crippen molar-refractivity contribution in [3.05, 3.63) is 59.9 Å². The molecule has 3 aliphatic rings.